The predicted octanol–water partition coefficient (Wildman–Crippen LogP) is 1.93. The Morgan fingerprint density at radius 3 is 2.48 bits per heavy atom. The summed E-state index contributed by atoms with van der Waals surface area (Å²) >= 11 is 0. The number of alkyl carbamates (subject to hydrolysis) is 1. The van der Waals surface area contributed by atoms with Crippen molar-refractivity contribution >= 4 is 12.0 Å². The molecule has 1 spiro atoms. The summed E-state index contributed by atoms with van der Waals surface area (Å²) in [6, 6.07) is 0. The van der Waals surface area contributed by atoms with Crippen LogP contribution < -0.4 is 10.6 Å². The van der Waals surface area contributed by atoms with E-state index in [9.17, 15) is 9.59 Å². The maximum Gasteiger partial charge on any atom is 0.407 e. The molecule has 1 saturated carbocycles. The third-order valence-electron chi connectivity index (χ3n) is 6.26. The first-order valence-corrected chi connectivity index (χ1v) is 10.4. The number of hydrogen-bond acceptors (Lipinski definition) is 6. The molecule has 3 unspecified atom stereocenters. The summed E-state index contributed by atoms with van der Waals surface area (Å²) in [5.41, 5.74) is 0.675. The lowest BCUT2D eigenvalue weighted by Gasteiger charge is -2.42. The Hall–Kier alpha value is -1.64. The molecule has 0 aromatic carbocycles. The topological polar surface area (TPSA) is 102 Å². The Bertz CT molecular complexity index is 658. The van der Waals surface area contributed by atoms with Crippen LogP contribution in [0.25, 0.3) is 0 Å². The number of amides is 2. The van der Waals surface area contributed by atoms with Crippen LogP contribution in [0.5, 0.6) is 0 Å². The van der Waals surface area contributed by atoms with E-state index in [-0.39, 0.29) is 41.3 Å². The lowest BCUT2D eigenvalue weighted by atomic mass is 9.68. The number of rotatable bonds is 8. The molecule has 3 rings (SSSR count). The van der Waals surface area contributed by atoms with Gasteiger partial charge in [0.1, 0.15) is 23.4 Å². The summed E-state index contributed by atoms with van der Waals surface area (Å²) in [7, 11) is 1.65. The van der Waals surface area contributed by atoms with Crippen LogP contribution in [0.4, 0.5) is 4.79 Å². The number of carbonyl (C=O) groups is 2. The molecule has 1 aliphatic carbocycles. The second-order valence-corrected chi connectivity index (χ2v) is 8.73. The van der Waals surface area contributed by atoms with Crippen LogP contribution in [0.15, 0.2) is 11.6 Å². The number of epoxide rings is 2. The molecule has 2 heterocycles. The molecule has 2 N–H and O–H groups in total. The molecule has 2 amide bonds. The fourth-order valence-electron chi connectivity index (χ4n) is 4.65. The molecule has 6 atom stereocenters. The van der Waals surface area contributed by atoms with Crippen LogP contribution in [0.2, 0.25) is 0 Å². The van der Waals surface area contributed by atoms with Crippen LogP contribution in [-0.2, 0) is 23.7 Å². The lowest BCUT2D eigenvalue weighted by molar-refractivity contribution is -0.119. The first kappa shape index (κ1) is 22.1. The van der Waals surface area contributed by atoms with E-state index in [1.54, 1.807) is 7.11 Å². The van der Waals surface area contributed by atoms with Crippen LogP contribution in [0, 0.1) is 5.92 Å². The fraction of sp³-hybridized carbons (Fsp3) is 0.810. The van der Waals surface area contributed by atoms with E-state index in [1.165, 1.54) is 12.5 Å². The van der Waals surface area contributed by atoms with Gasteiger partial charge in [-0.15, -0.1) is 0 Å². The summed E-state index contributed by atoms with van der Waals surface area (Å²) < 4.78 is 23.6. The molecule has 164 valence electrons. The van der Waals surface area contributed by atoms with Crippen LogP contribution >= 0.6 is 0 Å². The Morgan fingerprint density at radius 2 is 1.90 bits per heavy atom. The fourth-order valence-corrected chi connectivity index (χ4v) is 4.65. The maximum atomic E-state index is 12.2. The second-order valence-electron chi connectivity index (χ2n) is 8.73. The van der Waals surface area contributed by atoms with Gasteiger partial charge < -0.3 is 29.6 Å². The van der Waals surface area contributed by atoms with Gasteiger partial charge in [0.15, 0.2) is 0 Å². The Balaban J connectivity index is 1.62. The van der Waals surface area contributed by atoms with Crippen LogP contribution in [-0.4, -0.2) is 68.3 Å². The van der Waals surface area contributed by atoms with Gasteiger partial charge in [0, 0.05) is 27.1 Å². The van der Waals surface area contributed by atoms with Gasteiger partial charge in [0.05, 0.1) is 18.6 Å². The highest BCUT2D eigenvalue weighted by Gasteiger charge is 2.72. The molecule has 0 radical (unpaired) electrons. The summed E-state index contributed by atoms with van der Waals surface area (Å²) in [6.07, 6.45) is 3.50. The molecule has 3 fully saturated rings. The zero-order valence-corrected chi connectivity index (χ0v) is 18.1. The highest BCUT2D eigenvalue weighted by Crippen LogP contribution is 2.59. The van der Waals surface area contributed by atoms with Crippen molar-refractivity contribution in [2.75, 3.05) is 26.8 Å². The molecule has 3 aliphatic rings. The van der Waals surface area contributed by atoms with Crippen molar-refractivity contribution in [1.82, 2.24) is 10.6 Å². The number of methoxy groups -OCH3 is 1. The predicted molar refractivity (Wildman–Crippen MR) is 106 cm³/mol. The number of ether oxygens (including phenoxy) is 4. The third kappa shape index (κ3) is 4.92. The SMILES string of the molecule is COC1C(OC(=O)NCCNC(C)=O)CC[C@]2(CO2)C1[C@]1(C)O[C@@H]1CC=C(C)C. The summed E-state index contributed by atoms with van der Waals surface area (Å²) in [6.45, 7) is 9.08. The van der Waals surface area contributed by atoms with E-state index in [1.807, 2.05) is 0 Å². The van der Waals surface area contributed by atoms with Crippen LogP contribution in [0.1, 0.15) is 47.0 Å². The molecule has 0 aromatic heterocycles. The third-order valence-corrected chi connectivity index (χ3v) is 6.26. The molecule has 29 heavy (non-hydrogen) atoms. The van der Waals surface area contributed by atoms with Crippen molar-refractivity contribution in [3.8, 4) is 0 Å². The minimum absolute atomic E-state index is 0.00138. The second kappa shape index (κ2) is 8.62. The number of hydrogen-bond donors (Lipinski definition) is 2. The van der Waals surface area contributed by atoms with Crippen molar-refractivity contribution in [2.45, 2.75) is 76.5 Å². The minimum Gasteiger partial charge on any atom is -0.443 e. The molecular formula is C21H34N2O6. The number of nitrogens with one attached hydrogen (secondary N) is 2. The smallest absolute Gasteiger partial charge is 0.407 e. The highest BCUT2D eigenvalue weighted by molar-refractivity contribution is 5.73. The van der Waals surface area contributed by atoms with Gasteiger partial charge in [0.2, 0.25) is 5.91 Å². The molecular weight excluding hydrogens is 376 g/mol. The average Bonchev–Trinajstić information content (AvgIpc) is 3.56. The number of carbonyl (C=O) groups excluding carboxylic acids is 2. The van der Waals surface area contributed by atoms with Gasteiger partial charge >= 0.3 is 6.09 Å². The lowest BCUT2D eigenvalue weighted by Crippen LogP contribution is -2.56. The van der Waals surface area contributed by atoms with Crippen molar-refractivity contribution in [1.29, 1.82) is 0 Å². The van der Waals surface area contributed by atoms with Gasteiger partial charge in [-0.1, -0.05) is 11.6 Å². The first-order chi connectivity index (χ1) is 13.7. The van der Waals surface area contributed by atoms with Crippen molar-refractivity contribution in [3.05, 3.63) is 11.6 Å². The van der Waals surface area contributed by atoms with Gasteiger partial charge in [0.25, 0.3) is 0 Å². The largest absolute Gasteiger partial charge is 0.443 e. The summed E-state index contributed by atoms with van der Waals surface area (Å²) in [4.78, 5) is 23.1. The Kier molecular flexibility index (Phi) is 6.55. The standard InChI is InChI=1S/C21H34N2O6/c1-13(2)6-7-16-20(4,29-16)18-17(26-5)15(8-9-21(18)12-27-21)28-19(25)23-11-10-22-14(3)24/h6,15-18H,7-12H2,1-5H3,(H,22,24)(H,23,25)/t15?,16-,17?,18?,20-,21+/m1/s1. The van der Waals surface area contributed by atoms with Crippen molar-refractivity contribution in [2.24, 2.45) is 5.92 Å². The van der Waals surface area contributed by atoms with Gasteiger partial charge in [-0.25, -0.2) is 4.79 Å². The van der Waals surface area contributed by atoms with E-state index in [0.29, 0.717) is 26.1 Å². The van der Waals surface area contributed by atoms with E-state index in [4.69, 9.17) is 18.9 Å². The summed E-state index contributed by atoms with van der Waals surface area (Å²) in [5.74, 6) is -0.133. The monoisotopic (exact) mass is 410 g/mol. The van der Waals surface area contributed by atoms with Crippen LogP contribution in [0.3, 0.4) is 0 Å². The van der Waals surface area contributed by atoms with Crippen molar-refractivity contribution in [3.63, 3.8) is 0 Å². The molecule has 2 aliphatic heterocycles. The molecule has 2 saturated heterocycles. The minimum atomic E-state index is -0.503. The zero-order valence-electron chi connectivity index (χ0n) is 18.1. The van der Waals surface area contributed by atoms with Crippen molar-refractivity contribution < 1.29 is 28.5 Å². The van der Waals surface area contributed by atoms with Gasteiger partial charge in [-0.05, 0) is 40.0 Å². The normalized spacial score (nSPS) is 37.6. The quantitative estimate of drug-likeness (QED) is 0.360. The van der Waals surface area contributed by atoms with E-state index < -0.39 is 6.09 Å². The van der Waals surface area contributed by atoms with E-state index in [0.717, 1.165) is 12.8 Å². The van der Waals surface area contributed by atoms with Gasteiger partial charge in [-0.2, -0.15) is 0 Å². The Morgan fingerprint density at radius 1 is 1.21 bits per heavy atom. The molecule has 0 bridgehead atoms. The first-order valence-electron chi connectivity index (χ1n) is 10.4. The zero-order chi connectivity index (χ0) is 21.2. The number of allylic oxidation sites excluding steroid dienone is 1. The molecule has 0 aromatic rings. The maximum absolute atomic E-state index is 12.2. The highest BCUT2D eigenvalue weighted by atomic mass is 16.6. The molecule has 8 nitrogen and oxygen atoms in total. The van der Waals surface area contributed by atoms with E-state index in [2.05, 4.69) is 37.5 Å². The summed E-state index contributed by atoms with van der Waals surface area (Å²) in [5, 5.41) is 5.31. The molecule has 8 heteroatoms. The van der Waals surface area contributed by atoms with E-state index >= 15 is 0 Å². The Labute approximate surface area is 172 Å². The van der Waals surface area contributed by atoms with Gasteiger partial charge in [-0.3, -0.25) is 4.79 Å². The average molecular weight is 411 g/mol.